The van der Waals surface area contributed by atoms with E-state index in [4.69, 9.17) is 18.9 Å². The lowest BCUT2D eigenvalue weighted by molar-refractivity contribution is 0.299. The maximum Gasteiger partial charge on any atom is 0.210 e. The molecule has 5 aromatic carbocycles. The van der Waals surface area contributed by atoms with Crippen molar-refractivity contribution in [2.45, 2.75) is 59.5 Å². The molecule has 10 heteroatoms. The quantitative estimate of drug-likeness (QED) is 0.103. The Morgan fingerprint density at radius 2 is 0.854 bits per heavy atom. The van der Waals surface area contributed by atoms with Crippen molar-refractivity contribution in [3.63, 3.8) is 0 Å². The molecule has 0 bridgehead atoms. The molecular weight excluding hydrogens is 649 g/mol. The Morgan fingerprint density at radius 3 is 1.25 bits per heavy atom. The maximum atomic E-state index is 13.3. The van der Waals surface area contributed by atoms with Crippen molar-refractivity contribution < 1.29 is 35.8 Å². The van der Waals surface area contributed by atoms with Gasteiger partial charge >= 0.3 is 0 Å². The van der Waals surface area contributed by atoms with Crippen LogP contribution >= 0.6 is 0 Å². The van der Waals surface area contributed by atoms with Crippen LogP contribution in [0.3, 0.4) is 0 Å². The van der Waals surface area contributed by atoms with Gasteiger partial charge in [0, 0.05) is 0 Å². The van der Waals surface area contributed by atoms with Gasteiger partial charge in [-0.1, -0.05) is 56.3 Å². The monoisotopic (exact) mass is 686 g/mol. The molecule has 0 aromatic heterocycles. The third kappa shape index (κ3) is 8.37. The van der Waals surface area contributed by atoms with E-state index in [-0.39, 0.29) is 32.8 Å². The third-order valence-corrected chi connectivity index (χ3v) is 10.9. The van der Waals surface area contributed by atoms with Crippen molar-refractivity contribution in [3.05, 3.63) is 132 Å². The molecule has 5 aromatic rings. The SMILES string of the molecule is CCCOc1ccccc1S(=O)(=O)c1ccc(OCc2cccc(COc3ccc(S(=O)(=O)c4ccccc4OCCC)cc3)c2)cc1. The van der Waals surface area contributed by atoms with Crippen LogP contribution in [0.2, 0.25) is 0 Å². The molecule has 0 atom stereocenters. The minimum Gasteiger partial charge on any atom is -0.492 e. The van der Waals surface area contributed by atoms with E-state index in [0.29, 0.717) is 36.2 Å². The molecule has 0 fully saturated rings. The van der Waals surface area contributed by atoms with Crippen molar-refractivity contribution >= 4 is 19.7 Å². The number of hydrogen-bond donors (Lipinski definition) is 0. The van der Waals surface area contributed by atoms with E-state index in [9.17, 15) is 16.8 Å². The van der Waals surface area contributed by atoms with E-state index in [1.54, 1.807) is 72.8 Å². The summed E-state index contributed by atoms with van der Waals surface area (Å²) in [5.41, 5.74) is 1.81. The molecule has 0 aliphatic carbocycles. The van der Waals surface area contributed by atoms with E-state index in [1.807, 2.05) is 38.1 Å². The summed E-state index contributed by atoms with van der Waals surface area (Å²) in [6.07, 6.45) is 1.54. The summed E-state index contributed by atoms with van der Waals surface area (Å²) in [5.74, 6) is 1.73. The van der Waals surface area contributed by atoms with Gasteiger partial charge in [0.2, 0.25) is 19.7 Å². The molecule has 0 N–H and O–H groups in total. The van der Waals surface area contributed by atoms with Crippen LogP contribution in [0.4, 0.5) is 0 Å². The molecule has 48 heavy (non-hydrogen) atoms. The molecule has 5 rings (SSSR count). The van der Waals surface area contributed by atoms with Gasteiger partial charge in [0.15, 0.2) is 0 Å². The molecule has 0 saturated carbocycles. The van der Waals surface area contributed by atoms with Crippen molar-refractivity contribution in [1.29, 1.82) is 0 Å². The first-order valence-electron chi connectivity index (χ1n) is 15.7. The van der Waals surface area contributed by atoms with Crippen LogP contribution in [0.5, 0.6) is 23.0 Å². The second-order valence-corrected chi connectivity index (χ2v) is 14.8. The molecule has 0 amide bonds. The summed E-state index contributed by atoms with van der Waals surface area (Å²) in [5, 5.41) is 0. The standard InChI is InChI=1S/C38H38O8S2/c1-3-24-43-35-12-5-7-14-37(35)47(39,40)33-20-16-31(17-21-33)45-27-29-10-9-11-30(26-29)28-46-32-18-22-34(23-19-32)48(41,42)38-15-8-6-13-36(38)44-25-4-2/h5-23,26H,3-4,24-25,27-28H2,1-2H3. The molecule has 8 nitrogen and oxygen atoms in total. The summed E-state index contributed by atoms with van der Waals surface area (Å²) in [4.78, 5) is 0.563. The lowest BCUT2D eigenvalue weighted by Crippen LogP contribution is -2.06. The van der Waals surface area contributed by atoms with Crippen LogP contribution in [-0.4, -0.2) is 30.0 Å². The minimum atomic E-state index is -3.78. The summed E-state index contributed by atoms with van der Waals surface area (Å²) < 4.78 is 76.5. The van der Waals surface area contributed by atoms with E-state index in [2.05, 4.69) is 0 Å². The van der Waals surface area contributed by atoms with Crippen molar-refractivity contribution in [3.8, 4) is 23.0 Å². The van der Waals surface area contributed by atoms with Gasteiger partial charge in [0.1, 0.15) is 46.0 Å². The Kier molecular flexibility index (Phi) is 11.4. The average molecular weight is 687 g/mol. The molecule has 0 unspecified atom stereocenters. The van der Waals surface area contributed by atoms with Gasteiger partial charge in [0.25, 0.3) is 0 Å². The molecule has 0 aliphatic heterocycles. The molecule has 250 valence electrons. The number of rotatable bonds is 16. The normalized spacial score (nSPS) is 11.5. The first kappa shape index (κ1) is 34.5. The highest BCUT2D eigenvalue weighted by atomic mass is 32.2. The van der Waals surface area contributed by atoms with E-state index in [0.717, 1.165) is 24.0 Å². The van der Waals surface area contributed by atoms with E-state index < -0.39 is 19.7 Å². The molecular formula is C38H38O8S2. The zero-order chi connectivity index (χ0) is 34.0. The average Bonchev–Trinajstić information content (AvgIpc) is 3.12. The molecule has 0 saturated heterocycles. The Bertz CT molecular complexity index is 1880. The highest BCUT2D eigenvalue weighted by molar-refractivity contribution is 7.92. The molecule has 0 spiro atoms. The molecule has 0 aliphatic rings. The lowest BCUT2D eigenvalue weighted by atomic mass is 10.1. The second-order valence-electron chi connectivity index (χ2n) is 10.9. The highest BCUT2D eigenvalue weighted by Crippen LogP contribution is 2.32. The second kappa shape index (κ2) is 15.9. The van der Waals surface area contributed by atoms with Crippen molar-refractivity contribution in [1.82, 2.24) is 0 Å². The van der Waals surface area contributed by atoms with Crippen LogP contribution in [0, 0.1) is 0 Å². The Labute approximate surface area is 282 Å². The van der Waals surface area contributed by atoms with E-state index >= 15 is 0 Å². The number of benzene rings is 5. The zero-order valence-corrected chi connectivity index (χ0v) is 28.5. The highest BCUT2D eigenvalue weighted by Gasteiger charge is 2.23. The topological polar surface area (TPSA) is 105 Å². The van der Waals surface area contributed by atoms with Crippen LogP contribution in [-0.2, 0) is 32.9 Å². The van der Waals surface area contributed by atoms with Gasteiger partial charge in [-0.2, -0.15) is 0 Å². The first-order chi connectivity index (χ1) is 23.2. The fraction of sp³-hybridized carbons (Fsp3) is 0.211. The van der Waals surface area contributed by atoms with Gasteiger partial charge in [0.05, 0.1) is 23.0 Å². The fourth-order valence-corrected chi connectivity index (χ4v) is 7.63. The largest absolute Gasteiger partial charge is 0.492 e. The Hall–Kier alpha value is -4.80. The summed E-state index contributed by atoms with van der Waals surface area (Å²) in [6.45, 7) is 5.32. The van der Waals surface area contributed by atoms with Crippen molar-refractivity contribution in [2.24, 2.45) is 0 Å². The number of ether oxygens (including phenoxy) is 4. The molecule has 0 heterocycles. The smallest absolute Gasteiger partial charge is 0.210 e. The fourth-order valence-electron chi connectivity index (χ4n) is 4.83. The van der Waals surface area contributed by atoms with E-state index in [1.165, 1.54) is 24.3 Å². The Balaban J connectivity index is 1.18. The zero-order valence-electron chi connectivity index (χ0n) is 26.9. The maximum absolute atomic E-state index is 13.3. The van der Waals surface area contributed by atoms with Crippen LogP contribution < -0.4 is 18.9 Å². The first-order valence-corrected chi connectivity index (χ1v) is 18.7. The van der Waals surface area contributed by atoms with Crippen LogP contribution in [0.25, 0.3) is 0 Å². The minimum absolute atomic E-state index is 0.130. The van der Waals surface area contributed by atoms with Gasteiger partial charge in [-0.25, -0.2) is 16.8 Å². The number of sulfone groups is 2. The van der Waals surface area contributed by atoms with Gasteiger partial charge < -0.3 is 18.9 Å². The summed E-state index contributed by atoms with van der Waals surface area (Å²) >= 11 is 0. The van der Waals surface area contributed by atoms with Crippen LogP contribution in [0.1, 0.15) is 37.8 Å². The van der Waals surface area contributed by atoms with Gasteiger partial charge in [-0.05, 0) is 103 Å². The number of para-hydroxylation sites is 2. The van der Waals surface area contributed by atoms with Gasteiger partial charge in [-0.15, -0.1) is 0 Å². The number of hydrogen-bond acceptors (Lipinski definition) is 8. The van der Waals surface area contributed by atoms with Gasteiger partial charge in [-0.3, -0.25) is 0 Å². The lowest BCUT2D eigenvalue weighted by Gasteiger charge is -2.13. The summed E-state index contributed by atoms with van der Waals surface area (Å²) in [7, 11) is -7.55. The Morgan fingerprint density at radius 1 is 0.458 bits per heavy atom. The summed E-state index contributed by atoms with van der Waals surface area (Å²) in [6, 6.07) is 33.6. The van der Waals surface area contributed by atoms with Crippen LogP contribution in [0.15, 0.2) is 141 Å². The third-order valence-electron chi connectivity index (χ3n) is 7.27. The van der Waals surface area contributed by atoms with Crippen molar-refractivity contribution in [2.75, 3.05) is 13.2 Å². The molecule has 0 radical (unpaired) electrons. The predicted molar refractivity (Wildman–Crippen MR) is 183 cm³/mol. The predicted octanol–water partition coefficient (Wildman–Crippen LogP) is 8.09.